The van der Waals surface area contributed by atoms with Crippen LogP contribution in [-0.4, -0.2) is 8.94 Å². The third-order valence-corrected chi connectivity index (χ3v) is 4.61. The number of nitrogens with zero attached hydrogens (tertiary/aromatic N) is 1. The van der Waals surface area contributed by atoms with Gasteiger partial charge in [0, 0.05) is 12.1 Å². The van der Waals surface area contributed by atoms with E-state index >= 15 is 0 Å². The second-order valence-corrected chi connectivity index (χ2v) is 6.01. The Bertz CT molecular complexity index is 948. The molecule has 0 bridgehead atoms. The van der Waals surface area contributed by atoms with E-state index in [9.17, 15) is 14.0 Å². The number of aromatic amines is 1. The highest BCUT2D eigenvalue weighted by molar-refractivity contribution is 7.12. The van der Waals surface area contributed by atoms with E-state index in [-0.39, 0.29) is 22.2 Å². The van der Waals surface area contributed by atoms with Crippen LogP contribution in [0.25, 0.3) is 21.5 Å². The Balaban J connectivity index is 2.09. The summed E-state index contributed by atoms with van der Waals surface area (Å²) in [5.74, 6) is -0.313. The van der Waals surface area contributed by atoms with Crippen molar-refractivity contribution in [3.8, 4) is 11.3 Å². The lowest BCUT2D eigenvalue weighted by Gasteiger charge is -2.13. The molecular weight excluding hydrogens is 291 g/mol. The van der Waals surface area contributed by atoms with Crippen molar-refractivity contribution in [2.75, 3.05) is 0 Å². The first-order valence-corrected chi connectivity index (χ1v) is 7.49. The average molecular weight is 302 g/mol. The fraction of sp³-hybridized carbons (Fsp3) is 0.200. The van der Waals surface area contributed by atoms with Gasteiger partial charge in [0.25, 0.3) is 5.56 Å². The van der Waals surface area contributed by atoms with Gasteiger partial charge in [0.2, 0.25) is 0 Å². The van der Waals surface area contributed by atoms with E-state index in [0.29, 0.717) is 10.9 Å². The zero-order chi connectivity index (χ0) is 14.6. The maximum absolute atomic E-state index is 13.1. The van der Waals surface area contributed by atoms with E-state index < -0.39 is 0 Å². The number of pyridine rings is 1. The largest absolute Gasteiger partial charge is 0.328 e. The topological polar surface area (TPSA) is 54.9 Å². The van der Waals surface area contributed by atoms with E-state index in [1.165, 1.54) is 29.7 Å². The molecule has 4 nitrogen and oxygen atoms in total. The first-order chi connectivity index (χ1) is 10.1. The fourth-order valence-corrected chi connectivity index (χ4v) is 3.53. The predicted octanol–water partition coefficient (Wildman–Crippen LogP) is 2.89. The van der Waals surface area contributed by atoms with Crippen LogP contribution in [0.15, 0.2) is 39.9 Å². The molecular formula is C15H11FN2O2S. The summed E-state index contributed by atoms with van der Waals surface area (Å²) in [5.41, 5.74) is 0.900. The third kappa shape index (κ3) is 1.94. The van der Waals surface area contributed by atoms with Crippen LogP contribution in [0.4, 0.5) is 4.39 Å². The van der Waals surface area contributed by atoms with E-state index in [4.69, 9.17) is 0 Å². The maximum atomic E-state index is 13.1. The Morgan fingerprint density at radius 2 is 1.90 bits per heavy atom. The number of rotatable bonds is 2. The maximum Gasteiger partial charge on any atom is 0.271 e. The molecule has 1 aliphatic carbocycles. The molecule has 0 aliphatic heterocycles. The van der Waals surface area contributed by atoms with E-state index in [2.05, 4.69) is 4.37 Å². The molecule has 1 aromatic carbocycles. The second kappa shape index (κ2) is 4.39. The first-order valence-electron chi connectivity index (χ1n) is 6.68. The molecule has 1 saturated carbocycles. The van der Waals surface area contributed by atoms with Crippen molar-refractivity contribution in [2.45, 2.75) is 18.9 Å². The number of nitrogens with one attached hydrogen (secondary N) is 1. The van der Waals surface area contributed by atoms with E-state index in [1.807, 2.05) is 4.57 Å². The molecule has 0 radical (unpaired) electrons. The van der Waals surface area contributed by atoms with E-state index in [1.54, 1.807) is 12.1 Å². The van der Waals surface area contributed by atoms with Crippen LogP contribution >= 0.6 is 11.5 Å². The zero-order valence-corrected chi connectivity index (χ0v) is 11.7. The molecule has 0 spiro atoms. The Morgan fingerprint density at radius 1 is 1.19 bits per heavy atom. The highest BCUT2D eigenvalue weighted by Crippen LogP contribution is 2.40. The van der Waals surface area contributed by atoms with Gasteiger partial charge in [-0.1, -0.05) is 0 Å². The SMILES string of the molecule is O=c1cc(-c2ccc(F)cc2)n(C2CC2)c2s[nH]c(=O)c12. The lowest BCUT2D eigenvalue weighted by atomic mass is 10.1. The monoisotopic (exact) mass is 302 g/mol. The zero-order valence-electron chi connectivity index (χ0n) is 10.9. The molecule has 1 aliphatic rings. The minimum atomic E-state index is -0.333. The van der Waals surface area contributed by atoms with Crippen molar-refractivity contribution in [3.63, 3.8) is 0 Å². The molecule has 3 aromatic rings. The summed E-state index contributed by atoms with van der Waals surface area (Å²) >= 11 is 1.19. The Labute approximate surface area is 122 Å². The van der Waals surface area contributed by atoms with Gasteiger partial charge in [-0.15, -0.1) is 0 Å². The molecule has 0 amide bonds. The molecule has 0 saturated heterocycles. The van der Waals surface area contributed by atoms with E-state index in [0.717, 1.165) is 24.1 Å². The van der Waals surface area contributed by atoms with Crippen molar-refractivity contribution in [1.29, 1.82) is 0 Å². The summed E-state index contributed by atoms with van der Waals surface area (Å²) in [6.07, 6.45) is 2.05. The van der Waals surface area contributed by atoms with Crippen LogP contribution in [0.1, 0.15) is 18.9 Å². The standard InChI is InChI=1S/C15H11FN2O2S/c16-9-3-1-8(2-4-9)11-7-12(19)13-14(20)17-21-15(13)18(11)10-5-6-10/h1-4,7,10H,5-6H2,(H,17,20). The molecule has 1 N–H and O–H groups in total. The Morgan fingerprint density at radius 3 is 2.57 bits per heavy atom. The lowest BCUT2D eigenvalue weighted by molar-refractivity contribution is 0.628. The summed E-state index contributed by atoms with van der Waals surface area (Å²) in [5, 5.41) is 0.220. The van der Waals surface area contributed by atoms with Crippen molar-refractivity contribution < 1.29 is 4.39 Å². The van der Waals surface area contributed by atoms with Gasteiger partial charge in [-0.2, -0.15) is 0 Å². The van der Waals surface area contributed by atoms with Crippen LogP contribution in [0.2, 0.25) is 0 Å². The summed E-state index contributed by atoms with van der Waals surface area (Å²) in [6.45, 7) is 0. The predicted molar refractivity (Wildman–Crippen MR) is 80.4 cm³/mol. The molecule has 21 heavy (non-hydrogen) atoms. The van der Waals surface area contributed by atoms with Crippen molar-refractivity contribution in [3.05, 3.63) is 56.7 Å². The number of halogens is 1. The average Bonchev–Trinajstić information content (AvgIpc) is 3.22. The molecule has 6 heteroatoms. The van der Waals surface area contributed by atoms with Crippen LogP contribution in [0, 0.1) is 5.82 Å². The third-order valence-electron chi connectivity index (χ3n) is 3.73. The fourth-order valence-electron chi connectivity index (χ4n) is 2.59. The number of aromatic nitrogens is 2. The van der Waals surface area contributed by atoms with Gasteiger partial charge in [-0.25, -0.2) is 4.39 Å². The molecule has 0 unspecified atom stereocenters. The number of hydrogen-bond acceptors (Lipinski definition) is 3. The molecule has 0 atom stereocenters. The summed E-state index contributed by atoms with van der Waals surface area (Å²) in [4.78, 5) is 24.7. The Hall–Kier alpha value is -2.21. The van der Waals surface area contributed by atoms with Gasteiger partial charge < -0.3 is 4.57 Å². The van der Waals surface area contributed by atoms with Crippen LogP contribution in [-0.2, 0) is 0 Å². The van der Waals surface area contributed by atoms with Gasteiger partial charge in [0.1, 0.15) is 16.0 Å². The van der Waals surface area contributed by atoms with Crippen LogP contribution in [0.3, 0.4) is 0 Å². The number of H-pyrrole nitrogens is 1. The van der Waals surface area contributed by atoms with Gasteiger partial charge >= 0.3 is 0 Å². The molecule has 2 aromatic heterocycles. The molecule has 1 fully saturated rings. The summed E-state index contributed by atoms with van der Waals surface area (Å²) in [6, 6.07) is 7.85. The molecule has 4 rings (SSSR count). The smallest absolute Gasteiger partial charge is 0.271 e. The van der Waals surface area contributed by atoms with Gasteiger partial charge in [-0.05, 0) is 54.2 Å². The minimum Gasteiger partial charge on any atom is -0.328 e. The highest BCUT2D eigenvalue weighted by atomic mass is 32.1. The van der Waals surface area contributed by atoms with Crippen molar-refractivity contribution >= 4 is 21.7 Å². The quantitative estimate of drug-likeness (QED) is 0.791. The van der Waals surface area contributed by atoms with Gasteiger partial charge in [0.05, 0.1) is 5.69 Å². The van der Waals surface area contributed by atoms with Crippen LogP contribution < -0.4 is 11.0 Å². The summed E-state index contributed by atoms with van der Waals surface area (Å²) < 4.78 is 17.8. The van der Waals surface area contributed by atoms with Crippen molar-refractivity contribution in [2.24, 2.45) is 0 Å². The van der Waals surface area contributed by atoms with Crippen LogP contribution in [0.5, 0.6) is 0 Å². The number of benzene rings is 1. The first kappa shape index (κ1) is 12.5. The minimum absolute atomic E-state index is 0.220. The normalized spacial score (nSPS) is 14.7. The molecule has 106 valence electrons. The second-order valence-electron chi connectivity index (χ2n) is 5.22. The number of fused-ring (bicyclic) bond motifs is 1. The van der Waals surface area contributed by atoms with Gasteiger partial charge in [-0.3, -0.25) is 14.0 Å². The number of hydrogen-bond donors (Lipinski definition) is 1. The lowest BCUT2D eigenvalue weighted by Crippen LogP contribution is -2.14. The highest BCUT2D eigenvalue weighted by Gasteiger charge is 2.28. The summed E-state index contributed by atoms with van der Waals surface area (Å²) in [7, 11) is 0. The van der Waals surface area contributed by atoms with Gasteiger partial charge in [0.15, 0.2) is 5.43 Å². The van der Waals surface area contributed by atoms with Crippen molar-refractivity contribution in [1.82, 2.24) is 8.94 Å². The molecule has 2 heterocycles. The Kier molecular flexibility index (Phi) is 2.62.